The lowest BCUT2D eigenvalue weighted by Crippen LogP contribution is -2.11. The Morgan fingerprint density at radius 1 is 1.42 bits per heavy atom. The molecule has 0 amide bonds. The average molecular weight is 157 g/mol. The van der Waals surface area contributed by atoms with Crippen molar-refractivity contribution in [2.75, 3.05) is 0 Å². The molecule has 0 spiro atoms. The normalized spacial score (nSPS) is 23.7. The molecule has 1 aliphatic heterocycles. The molecule has 1 aromatic rings. The first-order chi connectivity index (χ1) is 5.95. The summed E-state index contributed by atoms with van der Waals surface area (Å²) in [5, 5.41) is 4.19. The van der Waals surface area contributed by atoms with Gasteiger partial charge in [-0.3, -0.25) is 0 Å². The van der Waals surface area contributed by atoms with Crippen molar-refractivity contribution in [3.8, 4) is 0 Å². The lowest BCUT2D eigenvalue weighted by atomic mass is 10.1. The summed E-state index contributed by atoms with van der Waals surface area (Å²) in [5.74, 6) is 1.25. The minimum Gasteiger partial charge on any atom is -0.240 e. The van der Waals surface area contributed by atoms with Crippen LogP contribution in [-0.2, 0) is 0 Å². The van der Waals surface area contributed by atoms with Gasteiger partial charge in [-0.1, -0.05) is 12.2 Å². The molecule has 1 aliphatic carbocycles. The van der Waals surface area contributed by atoms with Crippen molar-refractivity contribution in [3.63, 3.8) is 0 Å². The van der Waals surface area contributed by atoms with Gasteiger partial charge in [-0.2, -0.15) is 5.10 Å². The number of aliphatic imine (C=N–C) groups is 1. The van der Waals surface area contributed by atoms with E-state index < -0.39 is 0 Å². The number of hydrogen-bond donors (Lipinski definition) is 0. The Hall–Kier alpha value is -1.64. The minimum atomic E-state index is 0.331. The molecule has 1 atom stereocenters. The van der Waals surface area contributed by atoms with E-state index in [0.29, 0.717) is 5.92 Å². The van der Waals surface area contributed by atoms with Crippen LogP contribution in [0.5, 0.6) is 0 Å². The third-order valence-corrected chi connectivity index (χ3v) is 2.16. The van der Waals surface area contributed by atoms with Crippen molar-refractivity contribution in [1.82, 2.24) is 9.78 Å². The molecule has 2 heterocycles. The molecule has 0 saturated carbocycles. The summed E-state index contributed by atoms with van der Waals surface area (Å²) in [4.78, 5) is 4.28. The maximum atomic E-state index is 4.28. The van der Waals surface area contributed by atoms with Gasteiger partial charge in [0.1, 0.15) is 0 Å². The van der Waals surface area contributed by atoms with Crippen LogP contribution in [0.15, 0.2) is 35.5 Å². The predicted octanol–water partition coefficient (Wildman–Crippen LogP) is 1.63. The summed E-state index contributed by atoms with van der Waals surface area (Å²) in [6, 6.07) is 1.91. The van der Waals surface area contributed by atoms with Crippen LogP contribution in [0.2, 0.25) is 0 Å². The van der Waals surface area contributed by atoms with Crippen molar-refractivity contribution >= 4 is 17.7 Å². The molecule has 1 unspecified atom stereocenters. The number of hydrogen-bond acceptors (Lipinski definition) is 2. The summed E-state index contributed by atoms with van der Waals surface area (Å²) < 4.78 is 1.88. The van der Waals surface area contributed by atoms with Gasteiger partial charge in [0.15, 0.2) is 5.82 Å². The number of aromatic nitrogens is 2. The van der Waals surface area contributed by atoms with E-state index in [4.69, 9.17) is 0 Å². The van der Waals surface area contributed by atoms with Gasteiger partial charge >= 0.3 is 0 Å². The fourth-order valence-corrected chi connectivity index (χ4v) is 1.57. The Labute approximate surface area is 69.7 Å². The van der Waals surface area contributed by atoms with Crippen LogP contribution in [-0.4, -0.2) is 16.0 Å². The third kappa shape index (κ3) is 0.605. The number of nitrogens with zero attached hydrogens (tertiary/aromatic N) is 3. The maximum Gasteiger partial charge on any atom is 0.154 e. The van der Waals surface area contributed by atoms with Crippen molar-refractivity contribution in [3.05, 3.63) is 30.5 Å². The fourth-order valence-electron chi connectivity index (χ4n) is 1.57. The Morgan fingerprint density at radius 2 is 2.42 bits per heavy atom. The molecule has 3 rings (SSSR count). The number of rotatable bonds is 0. The van der Waals surface area contributed by atoms with Crippen molar-refractivity contribution in [2.24, 2.45) is 10.9 Å². The summed E-state index contributed by atoms with van der Waals surface area (Å²) >= 11 is 0. The third-order valence-electron chi connectivity index (χ3n) is 2.16. The lowest BCUT2D eigenvalue weighted by molar-refractivity contribution is 0.842. The van der Waals surface area contributed by atoms with Crippen LogP contribution in [0.4, 0.5) is 5.82 Å². The second-order valence-electron chi connectivity index (χ2n) is 2.88. The summed E-state index contributed by atoms with van der Waals surface area (Å²) in [7, 11) is 0. The fraction of sp³-hybridized carbons (Fsp3) is 0.111. The highest BCUT2D eigenvalue weighted by molar-refractivity contribution is 5.85. The Morgan fingerprint density at radius 3 is 3.42 bits per heavy atom. The van der Waals surface area contributed by atoms with Crippen LogP contribution >= 0.6 is 0 Å². The molecule has 3 heteroatoms. The summed E-state index contributed by atoms with van der Waals surface area (Å²) in [6.45, 7) is 0. The predicted molar refractivity (Wildman–Crippen MR) is 47.3 cm³/mol. The maximum absolute atomic E-state index is 4.28. The lowest BCUT2D eigenvalue weighted by Gasteiger charge is -2.14. The molecule has 0 N–H and O–H groups in total. The molecule has 0 aromatic carbocycles. The zero-order valence-corrected chi connectivity index (χ0v) is 6.38. The first-order valence-corrected chi connectivity index (χ1v) is 3.92. The van der Waals surface area contributed by atoms with Gasteiger partial charge in [-0.15, -0.1) is 0 Å². The van der Waals surface area contributed by atoms with E-state index >= 15 is 0 Å². The van der Waals surface area contributed by atoms with Crippen molar-refractivity contribution < 1.29 is 0 Å². The SMILES string of the molecule is C1=CC2C=Nc3ccnn3C2=C1. The average Bonchev–Trinajstić information content (AvgIpc) is 2.71. The second kappa shape index (κ2) is 1.94. The van der Waals surface area contributed by atoms with E-state index in [1.165, 1.54) is 5.70 Å². The summed E-state index contributed by atoms with van der Waals surface area (Å²) in [5.41, 5.74) is 1.20. The van der Waals surface area contributed by atoms with E-state index in [9.17, 15) is 0 Å². The van der Waals surface area contributed by atoms with Gasteiger partial charge in [0.05, 0.1) is 17.8 Å². The van der Waals surface area contributed by atoms with Crippen LogP contribution in [0.3, 0.4) is 0 Å². The van der Waals surface area contributed by atoms with E-state index in [0.717, 1.165) is 5.82 Å². The zero-order valence-electron chi connectivity index (χ0n) is 6.38. The van der Waals surface area contributed by atoms with Crippen molar-refractivity contribution in [1.29, 1.82) is 0 Å². The van der Waals surface area contributed by atoms with Crippen molar-refractivity contribution in [2.45, 2.75) is 0 Å². The molecule has 0 radical (unpaired) electrons. The van der Waals surface area contributed by atoms with E-state index in [1.54, 1.807) is 6.20 Å². The highest BCUT2D eigenvalue weighted by Crippen LogP contribution is 2.30. The molecular formula is C9H7N3. The van der Waals surface area contributed by atoms with Gasteiger partial charge < -0.3 is 0 Å². The first-order valence-electron chi connectivity index (χ1n) is 3.92. The highest BCUT2D eigenvalue weighted by Gasteiger charge is 2.20. The van der Waals surface area contributed by atoms with Crippen LogP contribution in [0, 0.1) is 5.92 Å². The van der Waals surface area contributed by atoms with Crippen LogP contribution in [0.25, 0.3) is 5.70 Å². The van der Waals surface area contributed by atoms with Gasteiger partial charge in [0, 0.05) is 12.3 Å². The Kier molecular flexibility index (Phi) is 0.961. The minimum absolute atomic E-state index is 0.331. The Balaban J connectivity index is 2.26. The summed E-state index contributed by atoms with van der Waals surface area (Å²) in [6.07, 6.45) is 9.96. The highest BCUT2D eigenvalue weighted by atomic mass is 15.3. The largest absolute Gasteiger partial charge is 0.240 e. The molecule has 0 bridgehead atoms. The first kappa shape index (κ1) is 5.94. The van der Waals surface area contributed by atoms with Gasteiger partial charge in [-0.05, 0) is 6.08 Å². The molecule has 58 valence electrons. The molecule has 12 heavy (non-hydrogen) atoms. The number of allylic oxidation sites excluding steroid dienone is 4. The van der Waals surface area contributed by atoms with Crippen LogP contribution in [0.1, 0.15) is 0 Å². The topological polar surface area (TPSA) is 30.2 Å². The van der Waals surface area contributed by atoms with Crippen LogP contribution < -0.4 is 0 Å². The quantitative estimate of drug-likeness (QED) is 0.563. The second-order valence-corrected chi connectivity index (χ2v) is 2.88. The molecule has 1 aromatic heterocycles. The van der Waals surface area contributed by atoms with E-state index in [2.05, 4.69) is 22.2 Å². The Bertz CT molecular complexity index is 409. The smallest absolute Gasteiger partial charge is 0.154 e. The molecule has 0 saturated heterocycles. The number of fused-ring (bicyclic) bond motifs is 3. The molecule has 2 aliphatic rings. The monoisotopic (exact) mass is 157 g/mol. The van der Waals surface area contributed by atoms with Gasteiger partial charge in [-0.25, -0.2) is 9.67 Å². The van der Waals surface area contributed by atoms with E-state index in [-0.39, 0.29) is 0 Å². The van der Waals surface area contributed by atoms with Gasteiger partial charge in [0.25, 0.3) is 0 Å². The zero-order chi connectivity index (χ0) is 7.97. The molecule has 3 nitrogen and oxygen atoms in total. The van der Waals surface area contributed by atoms with Gasteiger partial charge in [0.2, 0.25) is 0 Å². The molecular weight excluding hydrogens is 150 g/mol. The van der Waals surface area contributed by atoms with E-state index in [1.807, 2.05) is 23.0 Å². The standard InChI is InChI=1S/C9H7N3/c1-2-7-6-10-9-4-5-11-12(9)8(7)3-1/h1-7H. The molecule has 0 fully saturated rings.